The van der Waals surface area contributed by atoms with Gasteiger partial charge in [-0.1, -0.05) is 12.7 Å². The van der Waals surface area contributed by atoms with Crippen LogP contribution in [-0.2, 0) is 42.9 Å². The molecule has 0 radical (unpaired) electrons. The number of hydrogen-bond acceptors (Lipinski definition) is 10. The van der Waals surface area contributed by atoms with E-state index in [0.29, 0.717) is 12.8 Å². The number of rotatable bonds is 5. The topological polar surface area (TPSA) is 138 Å². The number of fused-ring (bicyclic) bond motifs is 3. The molecule has 0 aromatic heterocycles. The van der Waals surface area contributed by atoms with Crippen LogP contribution in [0.25, 0.3) is 0 Å². The SMILES string of the molecule is C=C1C(=O)O[C@H]2[C@H]1[C@H](OC(=O)[C@](C)(O)[C@@H](C)Cl)[C@@H](OC(C)=O)/C(C(=O)OC)=C/CC[C@@]1(C)O[C@@H]21. The first-order valence-corrected chi connectivity index (χ1v) is 11.3. The second kappa shape index (κ2) is 9.31. The minimum atomic E-state index is -2.14. The van der Waals surface area contributed by atoms with E-state index in [9.17, 15) is 24.3 Å². The first-order valence-electron chi connectivity index (χ1n) is 10.8. The number of epoxide rings is 1. The van der Waals surface area contributed by atoms with Gasteiger partial charge in [-0.05, 0) is 33.6 Å². The molecule has 1 aliphatic carbocycles. The van der Waals surface area contributed by atoms with Gasteiger partial charge in [0.05, 0.1) is 29.6 Å². The molecule has 0 spiro atoms. The van der Waals surface area contributed by atoms with E-state index in [4.69, 9.17) is 35.3 Å². The summed E-state index contributed by atoms with van der Waals surface area (Å²) >= 11 is 5.98. The third-order valence-corrected chi connectivity index (χ3v) is 7.03. The Balaban J connectivity index is 2.18. The molecule has 0 aromatic rings. The highest BCUT2D eigenvalue weighted by Gasteiger charge is 2.65. The maximum absolute atomic E-state index is 13.0. The normalized spacial score (nSPS) is 36.9. The average Bonchev–Trinajstić information content (AvgIpc) is 3.34. The fourth-order valence-electron chi connectivity index (χ4n) is 4.28. The number of halogens is 1. The molecule has 0 aromatic carbocycles. The maximum atomic E-state index is 13.0. The van der Waals surface area contributed by atoms with Gasteiger partial charge in [-0.3, -0.25) is 4.79 Å². The zero-order valence-electron chi connectivity index (χ0n) is 19.7. The molecule has 8 atom stereocenters. The van der Waals surface area contributed by atoms with E-state index < -0.39 is 70.8 Å². The van der Waals surface area contributed by atoms with Crippen LogP contribution in [0.1, 0.15) is 40.5 Å². The number of methoxy groups -OCH3 is 1. The van der Waals surface area contributed by atoms with Gasteiger partial charge in [-0.2, -0.15) is 0 Å². The van der Waals surface area contributed by atoms with Crippen LogP contribution in [0.15, 0.2) is 23.8 Å². The van der Waals surface area contributed by atoms with Crippen molar-refractivity contribution in [1.82, 2.24) is 0 Å². The molecule has 2 heterocycles. The van der Waals surface area contributed by atoms with Crippen LogP contribution in [0, 0.1) is 5.92 Å². The van der Waals surface area contributed by atoms with E-state index in [-0.39, 0.29) is 11.1 Å². The minimum absolute atomic E-state index is 0.0545. The Morgan fingerprint density at radius 1 is 1.35 bits per heavy atom. The molecule has 0 saturated carbocycles. The van der Waals surface area contributed by atoms with Crippen LogP contribution in [0.2, 0.25) is 0 Å². The van der Waals surface area contributed by atoms with Crippen LogP contribution >= 0.6 is 11.6 Å². The lowest BCUT2D eigenvalue weighted by molar-refractivity contribution is -0.184. The van der Waals surface area contributed by atoms with Gasteiger partial charge in [0.15, 0.2) is 17.8 Å². The molecule has 10 nitrogen and oxygen atoms in total. The Kier molecular flexibility index (Phi) is 7.17. The third-order valence-electron chi connectivity index (χ3n) is 6.61. The largest absolute Gasteiger partial charge is 0.466 e. The van der Waals surface area contributed by atoms with Gasteiger partial charge in [0.2, 0.25) is 0 Å². The van der Waals surface area contributed by atoms with Crippen molar-refractivity contribution in [2.75, 3.05) is 7.11 Å². The van der Waals surface area contributed by atoms with Crippen LogP contribution in [0.3, 0.4) is 0 Å². The van der Waals surface area contributed by atoms with Gasteiger partial charge in [-0.15, -0.1) is 11.6 Å². The van der Waals surface area contributed by atoms with Crippen LogP contribution in [-0.4, -0.2) is 77.1 Å². The molecule has 2 fully saturated rings. The average molecular weight is 501 g/mol. The van der Waals surface area contributed by atoms with E-state index in [0.717, 1.165) is 21.0 Å². The molecule has 0 bridgehead atoms. The fourth-order valence-corrected chi connectivity index (χ4v) is 4.37. The quantitative estimate of drug-likeness (QED) is 0.193. The highest BCUT2D eigenvalue weighted by atomic mass is 35.5. The molecule has 2 aliphatic heterocycles. The summed E-state index contributed by atoms with van der Waals surface area (Å²) in [6, 6.07) is 0. The van der Waals surface area contributed by atoms with Crippen molar-refractivity contribution >= 4 is 35.5 Å². The van der Waals surface area contributed by atoms with Crippen LogP contribution in [0.4, 0.5) is 0 Å². The number of allylic oxidation sites excluding steroid dienone is 1. The molecule has 3 aliphatic rings. The number of ether oxygens (including phenoxy) is 5. The standard InChI is InChI=1S/C23H29ClO10/c1-10-14-16(33-21(28)23(5,29)11(2)24)15(31-12(3)25)13(20(27)30-6)8-7-9-22(4)18(34-22)17(14)32-19(10)26/h8,11,14-18,29H,1,7,9H2,2-6H3/b13-8-/t11-,14-,15+,16+,17+,18+,22-,23-/m1/s1. The molecular formula is C23H29ClO10. The van der Waals surface area contributed by atoms with E-state index in [1.165, 1.54) is 13.0 Å². The van der Waals surface area contributed by atoms with Gasteiger partial charge >= 0.3 is 23.9 Å². The molecule has 1 N–H and O–H groups in total. The van der Waals surface area contributed by atoms with E-state index in [1.807, 2.05) is 6.92 Å². The van der Waals surface area contributed by atoms with Gasteiger partial charge in [-0.25, -0.2) is 14.4 Å². The minimum Gasteiger partial charge on any atom is -0.466 e. The van der Waals surface area contributed by atoms with Crippen LogP contribution < -0.4 is 0 Å². The molecule has 0 amide bonds. The van der Waals surface area contributed by atoms with Gasteiger partial charge in [0, 0.05) is 12.5 Å². The first-order chi connectivity index (χ1) is 15.7. The Morgan fingerprint density at radius 2 is 2.00 bits per heavy atom. The summed E-state index contributed by atoms with van der Waals surface area (Å²) < 4.78 is 27.4. The number of hydrogen-bond donors (Lipinski definition) is 1. The van der Waals surface area contributed by atoms with E-state index >= 15 is 0 Å². The lowest BCUT2D eigenvalue weighted by Gasteiger charge is -2.35. The third kappa shape index (κ3) is 4.71. The summed E-state index contributed by atoms with van der Waals surface area (Å²) in [5.41, 5.74) is -2.95. The highest BCUT2D eigenvalue weighted by Crippen LogP contribution is 2.50. The second-order valence-corrected chi connectivity index (χ2v) is 9.78. The molecule has 11 heteroatoms. The number of carbonyl (C=O) groups is 4. The van der Waals surface area contributed by atoms with Crippen LogP contribution in [0.5, 0.6) is 0 Å². The lowest BCUT2D eigenvalue weighted by atomic mass is 9.80. The molecule has 34 heavy (non-hydrogen) atoms. The number of esters is 4. The predicted octanol–water partition coefficient (Wildman–Crippen LogP) is 1.36. The summed E-state index contributed by atoms with van der Waals surface area (Å²) in [7, 11) is 1.15. The predicted molar refractivity (Wildman–Crippen MR) is 116 cm³/mol. The van der Waals surface area contributed by atoms with Crippen molar-refractivity contribution in [2.24, 2.45) is 5.92 Å². The van der Waals surface area contributed by atoms with Crippen molar-refractivity contribution in [3.05, 3.63) is 23.8 Å². The molecule has 188 valence electrons. The fraction of sp³-hybridized carbons (Fsp3) is 0.652. The lowest BCUT2D eigenvalue weighted by Crippen LogP contribution is -2.52. The molecule has 0 unspecified atom stereocenters. The van der Waals surface area contributed by atoms with Crippen molar-refractivity contribution in [2.45, 2.75) is 81.5 Å². The number of alkyl halides is 1. The maximum Gasteiger partial charge on any atom is 0.339 e. The zero-order chi connectivity index (χ0) is 25.6. The Bertz CT molecular complexity index is 938. The van der Waals surface area contributed by atoms with Crippen molar-refractivity contribution < 1.29 is 48.0 Å². The Morgan fingerprint density at radius 3 is 2.56 bits per heavy atom. The first kappa shape index (κ1) is 26.2. The Hall–Kier alpha value is -2.43. The van der Waals surface area contributed by atoms with Gasteiger partial charge in [0.1, 0.15) is 12.2 Å². The summed E-state index contributed by atoms with van der Waals surface area (Å²) in [6.45, 7) is 9.30. The number of aliphatic hydroxyl groups is 1. The second-order valence-electron chi connectivity index (χ2n) is 9.13. The van der Waals surface area contributed by atoms with Gasteiger partial charge < -0.3 is 28.8 Å². The summed E-state index contributed by atoms with van der Waals surface area (Å²) in [6.07, 6.45) is -2.12. The zero-order valence-corrected chi connectivity index (χ0v) is 20.4. The van der Waals surface area contributed by atoms with Crippen molar-refractivity contribution in [1.29, 1.82) is 0 Å². The smallest absolute Gasteiger partial charge is 0.339 e. The summed E-state index contributed by atoms with van der Waals surface area (Å²) in [5.74, 6) is -4.55. The van der Waals surface area contributed by atoms with E-state index in [1.54, 1.807) is 0 Å². The molecular weight excluding hydrogens is 472 g/mol. The Labute approximate surface area is 202 Å². The highest BCUT2D eigenvalue weighted by molar-refractivity contribution is 6.22. The summed E-state index contributed by atoms with van der Waals surface area (Å²) in [4.78, 5) is 50.3. The van der Waals surface area contributed by atoms with E-state index in [2.05, 4.69) is 6.58 Å². The van der Waals surface area contributed by atoms with Gasteiger partial charge in [0.25, 0.3) is 0 Å². The molecule has 2 saturated heterocycles. The summed E-state index contributed by atoms with van der Waals surface area (Å²) in [5, 5.41) is 9.54. The molecule has 3 rings (SSSR count). The van der Waals surface area contributed by atoms with Crippen molar-refractivity contribution in [3.63, 3.8) is 0 Å². The monoisotopic (exact) mass is 500 g/mol. The number of carbonyl (C=O) groups excluding carboxylic acids is 4. The van der Waals surface area contributed by atoms with Crippen molar-refractivity contribution in [3.8, 4) is 0 Å².